The van der Waals surface area contributed by atoms with Gasteiger partial charge >= 0.3 is 5.97 Å². The Morgan fingerprint density at radius 2 is 2.27 bits per heavy atom. The standard InChI is InChI=1S/C26H27FN2O3S/c1-32-20-5-7-25-22(15-20)21(8-11-28-25)24(27)6-4-19-9-13-29(16-23(19)26(30)31)12-2-3-18-10-14-33-17-18/h5,7-8,10-11,14-15,17,19,23-24H,4,6,9,12-13,16H2,1H3,(H,30,31)/t19-,23+,24+/m1/s1. The molecule has 3 heterocycles. The van der Waals surface area contributed by atoms with Crippen molar-refractivity contribution in [1.82, 2.24) is 9.88 Å². The second-order valence-electron chi connectivity index (χ2n) is 8.37. The molecule has 33 heavy (non-hydrogen) atoms. The number of benzene rings is 1. The number of hydrogen-bond donors (Lipinski definition) is 1. The molecular weight excluding hydrogens is 439 g/mol. The Balaban J connectivity index is 1.38. The molecule has 0 radical (unpaired) electrons. The molecular formula is C26H27FN2O3S. The van der Waals surface area contributed by atoms with Crippen LogP contribution >= 0.6 is 11.3 Å². The Kier molecular flexibility index (Phi) is 7.58. The van der Waals surface area contributed by atoms with Crippen molar-refractivity contribution >= 4 is 28.2 Å². The molecule has 3 aromatic rings. The third-order valence-corrected chi connectivity index (χ3v) is 7.01. The SMILES string of the molecule is COc1ccc2nccc([C@@H](F)CC[C@@H]3CCN(CC#Cc4ccsc4)C[C@@H]3C(=O)O)c2c1. The van der Waals surface area contributed by atoms with E-state index in [4.69, 9.17) is 4.74 Å². The average Bonchev–Trinajstić information content (AvgIpc) is 3.35. The molecule has 2 aromatic heterocycles. The molecule has 1 fully saturated rings. The third kappa shape index (κ3) is 5.70. The number of aromatic nitrogens is 1. The molecule has 0 aliphatic carbocycles. The molecule has 0 amide bonds. The Morgan fingerprint density at radius 1 is 1.39 bits per heavy atom. The molecule has 3 atom stereocenters. The quantitative estimate of drug-likeness (QED) is 0.487. The zero-order valence-electron chi connectivity index (χ0n) is 18.5. The smallest absolute Gasteiger partial charge is 0.308 e. The van der Waals surface area contributed by atoms with Crippen molar-refractivity contribution in [1.29, 1.82) is 0 Å². The van der Waals surface area contributed by atoms with Crippen LogP contribution in [-0.2, 0) is 4.79 Å². The minimum Gasteiger partial charge on any atom is -0.497 e. The van der Waals surface area contributed by atoms with Gasteiger partial charge in [-0.15, -0.1) is 0 Å². The molecule has 1 aliphatic heterocycles. The fraction of sp³-hybridized carbons (Fsp3) is 0.385. The molecule has 172 valence electrons. The molecule has 4 rings (SSSR count). The number of carboxylic acids is 1. The van der Waals surface area contributed by atoms with E-state index < -0.39 is 18.1 Å². The predicted molar refractivity (Wildman–Crippen MR) is 128 cm³/mol. The van der Waals surface area contributed by atoms with Gasteiger partial charge in [0, 0.05) is 29.1 Å². The number of pyridine rings is 1. The van der Waals surface area contributed by atoms with Crippen molar-refractivity contribution in [2.24, 2.45) is 11.8 Å². The van der Waals surface area contributed by atoms with Gasteiger partial charge in [0.05, 0.1) is 25.1 Å². The molecule has 0 unspecified atom stereocenters. The van der Waals surface area contributed by atoms with E-state index in [0.29, 0.717) is 30.8 Å². The van der Waals surface area contributed by atoms with Gasteiger partial charge in [-0.1, -0.05) is 11.8 Å². The molecule has 7 heteroatoms. The highest BCUT2D eigenvalue weighted by Crippen LogP contribution is 2.35. The molecule has 0 saturated carbocycles. The Bertz CT molecular complexity index is 1160. The zero-order chi connectivity index (χ0) is 23.2. The van der Waals surface area contributed by atoms with E-state index in [1.54, 1.807) is 36.8 Å². The number of methoxy groups -OCH3 is 1. The van der Waals surface area contributed by atoms with E-state index >= 15 is 4.39 Å². The second kappa shape index (κ2) is 10.8. The number of carboxylic acid groups (broad SMARTS) is 1. The molecule has 1 aromatic carbocycles. The molecule has 1 saturated heterocycles. The van der Waals surface area contributed by atoms with E-state index in [1.807, 2.05) is 29.0 Å². The number of ether oxygens (including phenoxy) is 1. The second-order valence-corrected chi connectivity index (χ2v) is 9.15. The van der Waals surface area contributed by atoms with Crippen LogP contribution in [0.15, 0.2) is 47.3 Å². The number of halogens is 1. The normalized spacial score (nSPS) is 19.6. The van der Waals surface area contributed by atoms with Crippen LogP contribution in [0.2, 0.25) is 0 Å². The Hall–Kier alpha value is -2.95. The predicted octanol–water partition coefficient (Wildman–Crippen LogP) is 5.17. The lowest BCUT2D eigenvalue weighted by Crippen LogP contribution is -2.44. The van der Waals surface area contributed by atoms with Crippen LogP contribution in [0.4, 0.5) is 4.39 Å². The number of hydrogen-bond acceptors (Lipinski definition) is 5. The minimum absolute atomic E-state index is 0.0514. The van der Waals surface area contributed by atoms with E-state index in [2.05, 4.69) is 21.7 Å². The van der Waals surface area contributed by atoms with Crippen molar-refractivity contribution < 1.29 is 19.0 Å². The summed E-state index contributed by atoms with van der Waals surface area (Å²) in [7, 11) is 1.58. The topological polar surface area (TPSA) is 62.7 Å². The Labute approximate surface area is 197 Å². The van der Waals surface area contributed by atoms with E-state index in [1.165, 1.54) is 0 Å². The maximum Gasteiger partial charge on any atom is 0.308 e. The number of aliphatic carboxylic acids is 1. The number of carbonyl (C=O) groups is 1. The van der Waals surface area contributed by atoms with Crippen LogP contribution in [0.5, 0.6) is 5.75 Å². The van der Waals surface area contributed by atoms with Gasteiger partial charge < -0.3 is 9.84 Å². The number of nitrogens with zero attached hydrogens (tertiary/aromatic N) is 2. The monoisotopic (exact) mass is 466 g/mol. The zero-order valence-corrected chi connectivity index (χ0v) is 19.4. The first-order valence-electron chi connectivity index (χ1n) is 11.1. The lowest BCUT2D eigenvalue weighted by atomic mass is 9.81. The third-order valence-electron chi connectivity index (χ3n) is 6.32. The number of likely N-dealkylation sites (tertiary alicyclic amines) is 1. The van der Waals surface area contributed by atoms with Crippen molar-refractivity contribution in [3.8, 4) is 17.6 Å². The number of alkyl halides is 1. The molecule has 0 bridgehead atoms. The number of fused-ring (bicyclic) bond motifs is 1. The van der Waals surface area contributed by atoms with Crippen LogP contribution in [0.1, 0.15) is 36.6 Å². The van der Waals surface area contributed by atoms with Gasteiger partial charge in [-0.25, -0.2) is 4.39 Å². The van der Waals surface area contributed by atoms with Gasteiger partial charge in [-0.2, -0.15) is 11.3 Å². The van der Waals surface area contributed by atoms with Crippen molar-refractivity contribution in [3.63, 3.8) is 0 Å². The highest BCUT2D eigenvalue weighted by molar-refractivity contribution is 7.08. The molecule has 1 N–H and O–H groups in total. The molecule has 5 nitrogen and oxygen atoms in total. The number of thiophene rings is 1. The summed E-state index contributed by atoms with van der Waals surface area (Å²) in [4.78, 5) is 18.4. The minimum atomic E-state index is -1.19. The molecule has 1 aliphatic rings. The van der Waals surface area contributed by atoms with Crippen LogP contribution < -0.4 is 4.74 Å². The van der Waals surface area contributed by atoms with Crippen molar-refractivity contribution in [2.75, 3.05) is 26.7 Å². The van der Waals surface area contributed by atoms with Crippen LogP contribution in [0.25, 0.3) is 10.9 Å². The van der Waals surface area contributed by atoms with Crippen molar-refractivity contribution in [2.45, 2.75) is 25.4 Å². The first-order valence-corrected chi connectivity index (χ1v) is 12.0. The lowest BCUT2D eigenvalue weighted by molar-refractivity contribution is -0.146. The van der Waals surface area contributed by atoms with E-state index in [0.717, 1.165) is 29.4 Å². The summed E-state index contributed by atoms with van der Waals surface area (Å²) >= 11 is 1.60. The summed E-state index contributed by atoms with van der Waals surface area (Å²) in [6.45, 7) is 1.77. The van der Waals surface area contributed by atoms with Crippen LogP contribution in [0, 0.1) is 23.7 Å². The van der Waals surface area contributed by atoms with Gasteiger partial charge in [0.1, 0.15) is 11.9 Å². The van der Waals surface area contributed by atoms with E-state index in [9.17, 15) is 9.90 Å². The highest BCUT2D eigenvalue weighted by atomic mass is 32.1. The summed E-state index contributed by atoms with van der Waals surface area (Å²) < 4.78 is 20.6. The number of piperidine rings is 1. The Morgan fingerprint density at radius 3 is 3.03 bits per heavy atom. The average molecular weight is 467 g/mol. The van der Waals surface area contributed by atoms with Crippen molar-refractivity contribution in [3.05, 3.63) is 58.4 Å². The van der Waals surface area contributed by atoms with Gasteiger partial charge in [-0.3, -0.25) is 14.7 Å². The van der Waals surface area contributed by atoms with Gasteiger partial charge in [0.2, 0.25) is 0 Å². The van der Waals surface area contributed by atoms with Gasteiger partial charge in [0.15, 0.2) is 0 Å². The fourth-order valence-electron chi connectivity index (χ4n) is 4.49. The number of rotatable bonds is 7. The summed E-state index contributed by atoms with van der Waals surface area (Å²) in [5, 5.41) is 14.5. The van der Waals surface area contributed by atoms with Crippen LogP contribution in [0.3, 0.4) is 0 Å². The summed E-state index contributed by atoms with van der Waals surface area (Å²) in [5.41, 5.74) is 2.28. The van der Waals surface area contributed by atoms with Crippen LogP contribution in [-0.4, -0.2) is 47.7 Å². The summed E-state index contributed by atoms with van der Waals surface area (Å²) in [5.74, 6) is 5.54. The first kappa shape index (κ1) is 23.2. The largest absolute Gasteiger partial charge is 0.497 e. The lowest BCUT2D eigenvalue weighted by Gasteiger charge is -2.35. The highest BCUT2D eigenvalue weighted by Gasteiger charge is 2.34. The first-order chi connectivity index (χ1) is 16.0. The van der Waals surface area contributed by atoms with Gasteiger partial charge in [-0.05, 0) is 73.0 Å². The van der Waals surface area contributed by atoms with Gasteiger partial charge in [0.25, 0.3) is 0 Å². The maximum atomic E-state index is 15.3. The molecule has 0 spiro atoms. The summed E-state index contributed by atoms with van der Waals surface area (Å²) in [6, 6.07) is 9.11. The van der Waals surface area contributed by atoms with E-state index in [-0.39, 0.29) is 12.3 Å². The maximum absolute atomic E-state index is 15.3. The summed E-state index contributed by atoms with van der Waals surface area (Å²) in [6.07, 6.45) is 1.97. The fourth-order valence-corrected chi connectivity index (χ4v) is 5.08.